The maximum Gasteiger partial charge on any atom is 0.0997 e. The van der Waals surface area contributed by atoms with E-state index in [1.54, 1.807) is 7.11 Å². The number of fused-ring (bicyclic) bond motifs is 2. The van der Waals surface area contributed by atoms with Crippen molar-refractivity contribution in [1.29, 1.82) is 0 Å². The zero-order valence-corrected chi connectivity index (χ0v) is 20.2. The van der Waals surface area contributed by atoms with Crippen molar-refractivity contribution in [3.8, 4) is 0 Å². The molecule has 2 aromatic carbocycles. The molecule has 2 aromatic heterocycles. The van der Waals surface area contributed by atoms with Crippen molar-refractivity contribution >= 4 is 22.3 Å². The summed E-state index contributed by atoms with van der Waals surface area (Å²) in [5, 5.41) is 14.9. The number of rotatable bonds is 8. The molecule has 5 rings (SSSR count). The molecule has 4 aromatic rings. The molecule has 0 aliphatic heterocycles. The number of methoxy groups -OCH3 is 1. The van der Waals surface area contributed by atoms with Crippen LogP contribution in [0.15, 0.2) is 54.9 Å². The van der Waals surface area contributed by atoms with Crippen LogP contribution in [0.2, 0.25) is 0 Å². The van der Waals surface area contributed by atoms with Gasteiger partial charge in [0.15, 0.2) is 0 Å². The second kappa shape index (κ2) is 9.61. The first-order valence-electron chi connectivity index (χ1n) is 12.2. The van der Waals surface area contributed by atoms with Gasteiger partial charge in [-0.2, -0.15) is 0 Å². The van der Waals surface area contributed by atoms with Crippen LogP contribution in [0.25, 0.3) is 10.9 Å². The van der Waals surface area contributed by atoms with Crippen molar-refractivity contribution < 1.29 is 9.84 Å². The Morgan fingerprint density at radius 2 is 2.03 bits per heavy atom. The van der Waals surface area contributed by atoms with Gasteiger partial charge in [0.2, 0.25) is 0 Å². The van der Waals surface area contributed by atoms with Crippen LogP contribution in [0.3, 0.4) is 0 Å². The molecule has 2 heterocycles. The molecule has 34 heavy (non-hydrogen) atoms. The average molecular weight is 456 g/mol. The Kier molecular flexibility index (Phi) is 6.40. The molecule has 0 amide bonds. The molecule has 0 saturated heterocycles. The third-order valence-corrected chi connectivity index (χ3v) is 7.13. The van der Waals surface area contributed by atoms with Gasteiger partial charge >= 0.3 is 0 Å². The van der Waals surface area contributed by atoms with E-state index >= 15 is 0 Å². The second-order valence-corrected chi connectivity index (χ2v) is 9.36. The minimum absolute atomic E-state index is 0.108. The number of aryl methyl sites for hydroxylation is 3. The summed E-state index contributed by atoms with van der Waals surface area (Å²) in [6, 6.07) is 14.9. The van der Waals surface area contributed by atoms with E-state index in [2.05, 4.69) is 58.7 Å². The number of pyridine rings is 1. The lowest BCUT2D eigenvalue weighted by Crippen LogP contribution is -2.01. The molecule has 0 saturated carbocycles. The van der Waals surface area contributed by atoms with E-state index in [1.807, 2.05) is 25.3 Å². The molecule has 0 bridgehead atoms. The first kappa shape index (κ1) is 22.6. The highest BCUT2D eigenvalue weighted by molar-refractivity contribution is 5.86. The van der Waals surface area contributed by atoms with Gasteiger partial charge in [0.25, 0.3) is 0 Å². The normalized spacial score (nSPS) is 16.1. The predicted molar refractivity (Wildman–Crippen MR) is 138 cm³/mol. The predicted octanol–water partition coefficient (Wildman–Crippen LogP) is 6.48. The van der Waals surface area contributed by atoms with Crippen molar-refractivity contribution in [1.82, 2.24) is 9.97 Å². The number of H-pyrrole nitrogens is 1. The highest BCUT2D eigenvalue weighted by Crippen LogP contribution is 2.37. The number of aromatic nitrogens is 2. The molecule has 5 heteroatoms. The fourth-order valence-corrected chi connectivity index (χ4v) is 5.28. The Bertz CT molecular complexity index is 1310. The fourth-order valence-electron chi connectivity index (χ4n) is 5.28. The second-order valence-electron chi connectivity index (χ2n) is 9.36. The van der Waals surface area contributed by atoms with Gasteiger partial charge in [-0.25, -0.2) is 0 Å². The van der Waals surface area contributed by atoms with Gasteiger partial charge in [0, 0.05) is 41.8 Å². The minimum atomic E-state index is -0.473. The Balaban J connectivity index is 1.25. The zero-order valence-electron chi connectivity index (χ0n) is 20.2. The molecule has 5 nitrogen and oxygen atoms in total. The van der Waals surface area contributed by atoms with Crippen LogP contribution in [0.1, 0.15) is 65.5 Å². The van der Waals surface area contributed by atoms with Crippen molar-refractivity contribution in [2.75, 3.05) is 12.4 Å². The number of aliphatic hydroxyl groups excluding tert-OH is 1. The molecular formula is C29H33N3O2. The fraction of sp³-hybridized carbons (Fsp3) is 0.345. The van der Waals surface area contributed by atoms with Gasteiger partial charge in [-0.3, -0.25) is 4.98 Å². The topological polar surface area (TPSA) is 70.2 Å². The monoisotopic (exact) mass is 455 g/mol. The molecule has 0 radical (unpaired) electrons. The quantitative estimate of drug-likeness (QED) is 0.284. The van der Waals surface area contributed by atoms with E-state index in [0.717, 1.165) is 60.3 Å². The number of aliphatic hydroxyl groups is 1. The van der Waals surface area contributed by atoms with E-state index in [-0.39, 0.29) is 6.10 Å². The summed E-state index contributed by atoms with van der Waals surface area (Å²) in [7, 11) is 1.76. The number of benzene rings is 2. The first-order chi connectivity index (χ1) is 16.5. The van der Waals surface area contributed by atoms with Gasteiger partial charge in [-0.15, -0.1) is 0 Å². The Morgan fingerprint density at radius 1 is 1.18 bits per heavy atom. The van der Waals surface area contributed by atoms with Crippen molar-refractivity contribution in [3.63, 3.8) is 0 Å². The van der Waals surface area contributed by atoms with Gasteiger partial charge in [0.1, 0.15) is 0 Å². The van der Waals surface area contributed by atoms with Crippen LogP contribution in [0.4, 0.5) is 11.4 Å². The van der Waals surface area contributed by atoms with Crippen molar-refractivity contribution in [2.24, 2.45) is 0 Å². The third kappa shape index (κ3) is 4.33. The number of hydrogen-bond donors (Lipinski definition) is 3. The number of ether oxygens (including phenoxy) is 1. The number of nitrogens with zero attached hydrogens (tertiary/aromatic N) is 1. The average Bonchev–Trinajstić information content (AvgIpc) is 3.45. The summed E-state index contributed by atoms with van der Waals surface area (Å²) in [6.07, 6.45) is 8.71. The SMILES string of the molecule is COC1CCc2c(Nc3ccc(CCCc4c[nH]c5c(C(C)O)cccc45)c(C)c3)ccnc21. The molecule has 0 spiro atoms. The van der Waals surface area contributed by atoms with Crippen LogP contribution in [0, 0.1) is 6.92 Å². The van der Waals surface area contributed by atoms with E-state index in [9.17, 15) is 5.11 Å². The Labute approximate surface area is 201 Å². The summed E-state index contributed by atoms with van der Waals surface area (Å²) < 4.78 is 5.58. The lowest BCUT2D eigenvalue weighted by Gasteiger charge is -2.14. The van der Waals surface area contributed by atoms with Gasteiger partial charge in [-0.1, -0.05) is 24.3 Å². The molecule has 1 aliphatic rings. The molecular weight excluding hydrogens is 422 g/mol. The number of hydrogen-bond acceptors (Lipinski definition) is 4. The van der Waals surface area contributed by atoms with Gasteiger partial charge < -0.3 is 20.1 Å². The molecule has 176 valence electrons. The highest BCUT2D eigenvalue weighted by Gasteiger charge is 2.26. The minimum Gasteiger partial charge on any atom is -0.389 e. The van der Waals surface area contributed by atoms with Crippen LogP contribution in [-0.2, 0) is 24.0 Å². The van der Waals surface area contributed by atoms with Crippen molar-refractivity contribution in [3.05, 3.63) is 88.4 Å². The highest BCUT2D eigenvalue weighted by atomic mass is 16.5. The maximum absolute atomic E-state index is 10.0. The van der Waals surface area contributed by atoms with Gasteiger partial charge in [-0.05, 0) is 86.4 Å². The Morgan fingerprint density at radius 3 is 2.82 bits per heavy atom. The Hall–Kier alpha value is -3.15. The summed E-state index contributed by atoms with van der Waals surface area (Å²) in [6.45, 7) is 4.01. The van der Waals surface area contributed by atoms with Crippen LogP contribution in [-0.4, -0.2) is 22.2 Å². The van der Waals surface area contributed by atoms with Crippen LogP contribution in [0.5, 0.6) is 0 Å². The van der Waals surface area contributed by atoms with Crippen molar-refractivity contribution in [2.45, 2.75) is 58.2 Å². The molecule has 0 fully saturated rings. The standard InChI is InChI=1S/C29H33N3O2/c1-18-16-22(32-26-14-15-30-29-25(26)12-13-27(29)34-3)11-10-20(18)6-4-7-21-17-31-28-23(19(2)33)8-5-9-24(21)28/h5,8-11,14-17,19,27,31,33H,4,6-7,12-13H2,1-3H3,(H,30,32). The number of anilines is 2. The first-order valence-corrected chi connectivity index (χ1v) is 12.2. The summed E-state index contributed by atoms with van der Waals surface area (Å²) >= 11 is 0. The smallest absolute Gasteiger partial charge is 0.0997 e. The van der Waals surface area contributed by atoms with Crippen LogP contribution >= 0.6 is 0 Å². The van der Waals surface area contributed by atoms with E-state index < -0.39 is 6.10 Å². The van der Waals surface area contributed by atoms with Crippen LogP contribution < -0.4 is 5.32 Å². The third-order valence-electron chi connectivity index (χ3n) is 7.13. The zero-order chi connectivity index (χ0) is 23.7. The summed E-state index contributed by atoms with van der Waals surface area (Å²) in [5.41, 5.74) is 10.6. The molecule has 2 unspecified atom stereocenters. The molecule has 1 aliphatic carbocycles. The largest absolute Gasteiger partial charge is 0.389 e. The summed E-state index contributed by atoms with van der Waals surface area (Å²) in [5.74, 6) is 0. The lowest BCUT2D eigenvalue weighted by atomic mass is 9.99. The number of para-hydroxylation sites is 1. The molecule has 2 atom stereocenters. The van der Waals surface area contributed by atoms with E-state index in [4.69, 9.17) is 4.74 Å². The van der Waals surface area contributed by atoms with E-state index in [1.165, 1.54) is 27.6 Å². The van der Waals surface area contributed by atoms with E-state index in [0.29, 0.717) is 0 Å². The number of nitrogens with one attached hydrogen (secondary N) is 2. The number of aromatic amines is 1. The van der Waals surface area contributed by atoms with Gasteiger partial charge in [0.05, 0.1) is 23.4 Å². The lowest BCUT2D eigenvalue weighted by molar-refractivity contribution is 0.102. The molecule has 3 N–H and O–H groups in total. The maximum atomic E-state index is 10.0. The summed E-state index contributed by atoms with van der Waals surface area (Å²) in [4.78, 5) is 7.93.